The first-order chi connectivity index (χ1) is 7.96. The van der Waals surface area contributed by atoms with Crippen LogP contribution >= 0.6 is 11.3 Å². The zero-order valence-corrected chi connectivity index (χ0v) is 11.8. The van der Waals surface area contributed by atoms with Crippen molar-refractivity contribution in [1.29, 1.82) is 0 Å². The largest absolute Gasteiger partial charge is 0.349 e. The predicted molar refractivity (Wildman–Crippen MR) is 70.4 cm³/mol. The van der Waals surface area contributed by atoms with E-state index in [1.54, 1.807) is 0 Å². The third-order valence-electron chi connectivity index (χ3n) is 2.94. The SMILES string of the molecule is Cc1ccc(C(C)NC2COC(C)(C)OC2)s1. The molecule has 0 aliphatic carbocycles. The average molecular weight is 255 g/mol. The van der Waals surface area contributed by atoms with Crippen LogP contribution in [0.15, 0.2) is 12.1 Å². The van der Waals surface area contributed by atoms with Gasteiger partial charge in [-0.05, 0) is 39.8 Å². The van der Waals surface area contributed by atoms with Crippen molar-refractivity contribution in [3.8, 4) is 0 Å². The van der Waals surface area contributed by atoms with Crippen LogP contribution in [0.5, 0.6) is 0 Å². The van der Waals surface area contributed by atoms with Crippen molar-refractivity contribution in [2.24, 2.45) is 0 Å². The zero-order valence-electron chi connectivity index (χ0n) is 10.9. The van der Waals surface area contributed by atoms with Gasteiger partial charge in [0.2, 0.25) is 0 Å². The van der Waals surface area contributed by atoms with Gasteiger partial charge >= 0.3 is 0 Å². The Morgan fingerprint density at radius 2 is 2.00 bits per heavy atom. The molecule has 1 aliphatic heterocycles. The molecular formula is C13H21NO2S. The maximum Gasteiger partial charge on any atom is 0.162 e. The molecule has 2 rings (SSSR count). The summed E-state index contributed by atoms with van der Waals surface area (Å²) in [4.78, 5) is 2.72. The van der Waals surface area contributed by atoms with Crippen LogP contribution in [0.1, 0.15) is 36.6 Å². The van der Waals surface area contributed by atoms with Gasteiger partial charge in [-0.2, -0.15) is 0 Å². The van der Waals surface area contributed by atoms with Gasteiger partial charge in [0.1, 0.15) is 0 Å². The number of hydrogen-bond acceptors (Lipinski definition) is 4. The Labute approximate surface area is 107 Å². The molecule has 1 aromatic rings. The van der Waals surface area contributed by atoms with E-state index in [-0.39, 0.29) is 6.04 Å². The van der Waals surface area contributed by atoms with Gasteiger partial charge in [-0.1, -0.05) is 0 Å². The number of hydrogen-bond donors (Lipinski definition) is 1. The Balaban J connectivity index is 1.86. The van der Waals surface area contributed by atoms with Gasteiger partial charge in [-0.3, -0.25) is 0 Å². The second kappa shape index (κ2) is 5.06. The molecule has 17 heavy (non-hydrogen) atoms. The highest BCUT2D eigenvalue weighted by atomic mass is 32.1. The van der Waals surface area contributed by atoms with Crippen molar-refractivity contribution >= 4 is 11.3 Å². The molecule has 3 nitrogen and oxygen atoms in total. The molecule has 0 spiro atoms. The van der Waals surface area contributed by atoms with Crippen LogP contribution in [0.2, 0.25) is 0 Å². The normalized spacial score (nSPS) is 22.6. The third-order valence-corrected chi connectivity index (χ3v) is 4.12. The molecule has 0 radical (unpaired) electrons. The van der Waals surface area contributed by atoms with Gasteiger partial charge in [-0.15, -0.1) is 11.3 Å². The highest BCUT2D eigenvalue weighted by Gasteiger charge is 2.29. The first-order valence-electron chi connectivity index (χ1n) is 6.06. The van der Waals surface area contributed by atoms with Crippen molar-refractivity contribution in [3.05, 3.63) is 21.9 Å². The quantitative estimate of drug-likeness (QED) is 0.901. The van der Waals surface area contributed by atoms with Gasteiger partial charge in [-0.25, -0.2) is 0 Å². The van der Waals surface area contributed by atoms with E-state index in [4.69, 9.17) is 9.47 Å². The molecule has 4 heteroatoms. The van der Waals surface area contributed by atoms with E-state index in [2.05, 4.69) is 31.3 Å². The summed E-state index contributed by atoms with van der Waals surface area (Å²) >= 11 is 1.84. The molecule has 1 saturated heterocycles. The highest BCUT2D eigenvalue weighted by molar-refractivity contribution is 7.12. The summed E-state index contributed by atoms with van der Waals surface area (Å²) in [7, 11) is 0. The number of rotatable bonds is 3. The van der Waals surface area contributed by atoms with E-state index in [0.717, 1.165) is 0 Å². The molecular weight excluding hydrogens is 234 g/mol. The van der Waals surface area contributed by atoms with Gasteiger partial charge in [0.15, 0.2) is 5.79 Å². The molecule has 1 unspecified atom stereocenters. The van der Waals surface area contributed by atoms with E-state index < -0.39 is 5.79 Å². The summed E-state index contributed by atoms with van der Waals surface area (Å²) in [5.74, 6) is -0.430. The fraction of sp³-hybridized carbons (Fsp3) is 0.692. The van der Waals surface area contributed by atoms with E-state index >= 15 is 0 Å². The van der Waals surface area contributed by atoms with E-state index in [1.165, 1.54) is 9.75 Å². The number of aryl methyl sites for hydroxylation is 1. The summed E-state index contributed by atoms with van der Waals surface area (Å²) in [5.41, 5.74) is 0. The standard InChI is InChI=1S/C13H21NO2S/c1-9-5-6-12(17-9)10(2)14-11-7-15-13(3,4)16-8-11/h5-6,10-11,14H,7-8H2,1-4H3. The number of ether oxygens (including phenoxy) is 2. The fourth-order valence-corrected chi connectivity index (χ4v) is 2.80. The van der Waals surface area contributed by atoms with Crippen LogP contribution in [0, 0.1) is 6.92 Å². The van der Waals surface area contributed by atoms with E-state index in [9.17, 15) is 0 Å². The minimum atomic E-state index is -0.430. The molecule has 0 saturated carbocycles. The van der Waals surface area contributed by atoms with Crippen molar-refractivity contribution in [3.63, 3.8) is 0 Å². The van der Waals surface area contributed by atoms with Crippen LogP contribution in [-0.4, -0.2) is 25.0 Å². The Bertz CT molecular complexity index is 365. The Morgan fingerprint density at radius 3 is 2.53 bits per heavy atom. The number of nitrogens with one attached hydrogen (secondary N) is 1. The highest BCUT2D eigenvalue weighted by Crippen LogP contribution is 2.24. The van der Waals surface area contributed by atoms with Gasteiger partial charge in [0, 0.05) is 15.8 Å². The Morgan fingerprint density at radius 1 is 1.35 bits per heavy atom. The van der Waals surface area contributed by atoms with Crippen molar-refractivity contribution < 1.29 is 9.47 Å². The molecule has 0 bridgehead atoms. The Hall–Kier alpha value is -0.420. The fourth-order valence-electron chi connectivity index (χ4n) is 1.91. The van der Waals surface area contributed by atoms with Crippen molar-refractivity contribution in [2.45, 2.75) is 45.6 Å². The second-order valence-electron chi connectivity index (χ2n) is 5.06. The lowest BCUT2D eigenvalue weighted by Gasteiger charge is -2.36. The molecule has 1 aromatic heterocycles. The zero-order chi connectivity index (χ0) is 12.5. The van der Waals surface area contributed by atoms with Crippen molar-refractivity contribution in [1.82, 2.24) is 5.32 Å². The second-order valence-corrected chi connectivity index (χ2v) is 6.38. The molecule has 0 amide bonds. The molecule has 1 N–H and O–H groups in total. The summed E-state index contributed by atoms with van der Waals surface area (Å²) in [6.45, 7) is 9.65. The smallest absolute Gasteiger partial charge is 0.162 e. The maximum absolute atomic E-state index is 5.64. The Kier molecular flexibility index (Phi) is 3.88. The minimum Gasteiger partial charge on any atom is -0.349 e. The maximum atomic E-state index is 5.64. The lowest BCUT2D eigenvalue weighted by atomic mass is 10.2. The van der Waals surface area contributed by atoms with Gasteiger partial charge in [0.25, 0.3) is 0 Å². The van der Waals surface area contributed by atoms with Crippen LogP contribution in [0.4, 0.5) is 0 Å². The first kappa shape index (κ1) is 13.0. The van der Waals surface area contributed by atoms with E-state index in [0.29, 0.717) is 19.3 Å². The van der Waals surface area contributed by atoms with Crippen LogP contribution < -0.4 is 5.32 Å². The molecule has 1 aliphatic rings. The monoisotopic (exact) mass is 255 g/mol. The predicted octanol–water partition coefficient (Wildman–Crippen LogP) is 2.86. The molecule has 1 atom stereocenters. The van der Waals surface area contributed by atoms with E-state index in [1.807, 2.05) is 25.2 Å². The van der Waals surface area contributed by atoms with Crippen molar-refractivity contribution in [2.75, 3.05) is 13.2 Å². The van der Waals surface area contributed by atoms with Crippen LogP contribution in [0.25, 0.3) is 0 Å². The summed E-state index contributed by atoms with van der Waals surface area (Å²) < 4.78 is 11.3. The average Bonchev–Trinajstić information content (AvgIpc) is 2.68. The molecule has 1 fully saturated rings. The summed E-state index contributed by atoms with van der Waals surface area (Å²) in [6, 6.07) is 4.98. The molecule has 96 valence electrons. The van der Waals surface area contributed by atoms with Gasteiger partial charge < -0.3 is 14.8 Å². The van der Waals surface area contributed by atoms with Crippen LogP contribution in [0.3, 0.4) is 0 Å². The first-order valence-corrected chi connectivity index (χ1v) is 6.88. The minimum absolute atomic E-state index is 0.278. The summed E-state index contributed by atoms with van der Waals surface area (Å²) in [6.07, 6.45) is 0. The lowest BCUT2D eigenvalue weighted by Crippen LogP contribution is -2.49. The number of thiophene rings is 1. The molecule has 0 aromatic carbocycles. The van der Waals surface area contributed by atoms with Crippen LogP contribution in [-0.2, 0) is 9.47 Å². The van der Waals surface area contributed by atoms with Gasteiger partial charge in [0.05, 0.1) is 19.3 Å². The lowest BCUT2D eigenvalue weighted by molar-refractivity contribution is -0.253. The summed E-state index contributed by atoms with van der Waals surface area (Å²) in [5, 5.41) is 3.55. The molecule has 2 heterocycles. The third kappa shape index (κ3) is 3.52. The topological polar surface area (TPSA) is 30.5 Å².